The Bertz CT molecular complexity index is 362. The van der Waals surface area contributed by atoms with Gasteiger partial charge in [0.1, 0.15) is 6.04 Å². The van der Waals surface area contributed by atoms with Crippen LogP contribution in [0.1, 0.15) is 13.8 Å². The molecule has 0 aliphatic carbocycles. The van der Waals surface area contributed by atoms with Crippen molar-refractivity contribution in [2.75, 3.05) is 24.7 Å². The molecule has 1 atom stereocenters. The van der Waals surface area contributed by atoms with Crippen LogP contribution in [0.4, 0.5) is 4.79 Å². The number of aliphatic carboxylic acids is 1. The molecule has 0 saturated carbocycles. The number of hydrogen-bond donors (Lipinski definition) is 3. The smallest absolute Gasteiger partial charge is 0.327 e. The molecule has 1 unspecified atom stereocenters. The average molecular weight is 289 g/mol. The standard InChI is InChI=1S/C11H19N3O4S/c1-7(2)3-12-9(15)4-13-11(18)14-6-19-5-8(14)10(16)17/h7-8H,3-6H2,1-2H3,(H,12,15)(H,13,18)(H,16,17). The number of thioether (sulfide) groups is 1. The second-order valence-electron chi connectivity index (χ2n) is 4.68. The van der Waals surface area contributed by atoms with Crippen LogP contribution in [0.25, 0.3) is 0 Å². The van der Waals surface area contributed by atoms with E-state index in [0.29, 0.717) is 24.1 Å². The maximum Gasteiger partial charge on any atom is 0.327 e. The molecule has 0 spiro atoms. The zero-order valence-corrected chi connectivity index (χ0v) is 11.8. The van der Waals surface area contributed by atoms with Gasteiger partial charge in [-0.25, -0.2) is 9.59 Å². The number of rotatable bonds is 5. The van der Waals surface area contributed by atoms with Crippen LogP contribution in [-0.2, 0) is 9.59 Å². The van der Waals surface area contributed by atoms with Gasteiger partial charge < -0.3 is 20.6 Å². The van der Waals surface area contributed by atoms with Crippen molar-refractivity contribution in [2.24, 2.45) is 5.92 Å². The monoisotopic (exact) mass is 289 g/mol. The second kappa shape index (κ2) is 7.22. The van der Waals surface area contributed by atoms with Crippen LogP contribution in [0.5, 0.6) is 0 Å². The van der Waals surface area contributed by atoms with Crippen molar-refractivity contribution < 1.29 is 19.5 Å². The highest BCUT2D eigenvalue weighted by molar-refractivity contribution is 7.99. The molecule has 19 heavy (non-hydrogen) atoms. The van der Waals surface area contributed by atoms with Crippen molar-refractivity contribution >= 4 is 29.7 Å². The highest BCUT2D eigenvalue weighted by atomic mass is 32.2. The Labute approximate surface area is 116 Å². The summed E-state index contributed by atoms with van der Waals surface area (Å²) in [4.78, 5) is 35.3. The lowest BCUT2D eigenvalue weighted by atomic mass is 10.2. The van der Waals surface area contributed by atoms with Crippen molar-refractivity contribution in [1.82, 2.24) is 15.5 Å². The molecule has 7 nitrogen and oxygen atoms in total. The van der Waals surface area contributed by atoms with E-state index in [4.69, 9.17) is 5.11 Å². The Hall–Kier alpha value is -1.44. The second-order valence-corrected chi connectivity index (χ2v) is 5.68. The molecule has 0 aromatic rings. The summed E-state index contributed by atoms with van der Waals surface area (Å²) in [5, 5.41) is 14.0. The first-order chi connectivity index (χ1) is 8.91. The van der Waals surface area contributed by atoms with Crippen molar-refractivity contribution in [2.45, 2.75) is 19.9 Å². The van der Waals surface area contributed by atoms with Gasteiger partial charge >= 0.3 is 12.0 Å². The summed E-state index contributed by atoms with van der Waals surface area (Å²) in [5.41, 5.74) is 0. The number of carboxylic acid groups (broad SMARTS) is 1. The molecular formula is C11H19N3O4S. The Kier molecular flexibility index (Phi) is 5.94. The predicted molar refractivity (Wildman–Crippen MR) is 71.8 cm³/mol. The highest BCUT2D eigenvalue weighted by Gasteiger charge is 2.34. The van der Waals surface area contributed by atoms with E-state index in [1.54, 1.807) is 0 Å². The Morgan fingerprint density at radius 3 is 2.63 bits per heavy atom. The third-order valence-electron chi connectivity index (χ3n) is 2.54. The maximum atomic E-state index is 11.8. The first-order valence-corrected chi connectivity index (χ1v) is 7.19. The summed E-state index contributed by atoms with van der Waals surface area (Å²) in [7, 11) is 0. The van der Waals surface area contributed by atoms with E-state index in [-0.39, 0.29) is 12.5 Å². The summed E-state index contributed by atoms with van der Waals surface area (Å²) < 4.78 is 0. The molecule has 108 valence electrons. The van der Waals surface area contributed by atoms with Crippen LogP contribution in [0.15, 0.2) is 0 Å². The van der Waals surface area contributed by atoms with E-state index in [9.17, 15) is 14.4 Å². The molecule has 1 aliphatic heterocycles. The number of hydrogen-bond acceptors (Lipinski definition) is 4. The van der Waals surface area contributed by atoms with E-state index in [1.807, 2.05) is 13.8 Å². The van der Waals surface area contributed by atoms with Gasteiger partial charge in [0.2, 0.25) is 5.91 Å². The minimum Gasteiger partial charge on any atom is -0.480 e. The van der Waals surface area contributed by atoms with Crippen LogP contribution >= 0.6 is 11.8 Å². The number of amides is 3. The van der Waals surface area contributed by atoms with Gasteiger partial charge in [-0.15, -0.1) is 11.8 Å². The topological polar surface area (TPSA) is 98.7 Å². The molecular weight excluding hydrogens is 270 g/mol. The number of carbonyl (C=O) groups is 3. The van der Waals surface area contributed by atoms with Crippen LogP contribution in [0.3, 0.4) is 0 Å². The number of carboxylic acids is 1. The summed E-state index contributed by atoms with van der Waals surface area (Å²) in [6, 6.07) is -1.33. The molecule has 0 bridgehead atoms. The Morgan fingerprint density at radius 1 is 1.37 bits per heavy atom. The first-order valence-electron chi connectivity index (χ1n) is 6.03. The molecule has 1 aliphatic rings. The van der Waals surface area contributed by atoms with Gasteiger partial charge in [-0.3, -0.25) is 4.79 Å². The highest BCUT2D eigenvalue weighted by Crippen LogP contribution is 2.20. The van der Waals surface area contributed by atoms with Crippen molar-refractivity contribution in [3.63, 3.8) is 0 Å². The predicted octanol–water partition coefficient (Wildman–Crippen LogP) is -0.0723. The number of carbonyl (C=O) groups excluding carboxylic acids is 2. The third kappa shape index (κ3) is 4.98. The van der Waals surface area contributed by atoms with Gasteiger partial charge in [-0.05, 0) is 5.92 Å². The van der Waals surface area contributed by atoms with E-state index in [1.165, 1.54) is 16.7 Å². The van der Waals surface area contributed by atoms with E-state index >= 15 is 0 Å². The quantitative estimate of drug-likeness (QED) is 0.658. The van der Waals surface area contributed by atoms with Crippen molar-refractivity contribution in [3.8, 4) is 0 Å². The van der Waals surface area contributed by atoms with Crippen LogP contribution in [0.2, 0.25) is 0 Å². The Morgan fingerprint density at radius 2 is 2.05 bits per heavy atom. The Balaban J connectivity index is 2.34. The zero-order chi connectivity index (χ0) is 14.4. The summed E-state index contributed by atoms with van der Waals surface area (Å²) in [6.45, 7) is 4.35. The molecule has 3 N–H and O–H groups in total. The van der Waals surface area contributed by atoms with Gasteiger partial charge in [0.05, 0.1) is 12.4 Å². The SMILES string of the molecule is CC(C)CNC(=O)CNC(=O)N1CSCC1C(=O)O. The minimum absolute atomic E-state index is 0.140. The van der Waals surface area contributed by atoms with E-state index in [0.717, 1.165) is 0 Å². The summed E-state index contributed by atoms with van der Waals surface area (Å²) in [6.07, 6.45) is 0. The molecule has 0 radical (unpaired) electrons. The average Bonchev–Trinajstić information content (AvgIpc) is 2.82. The molecule has 1 fully saturated rings. The molecule has 0 aromatic heterocycles. The van der Waals surface area contributed by atoms with Crippen molar-refractivity contribution in [1.29, 1.82) is 0 Å². The van der Waals surface area contributed by atoms with Gasteiger partial charge in [0.15, 0.2) is 0 Å². The van der Waals surface area contributed by atoms with Gasteiger partial charge in [-0.2, -0.15) is 0 Å². The molecule has 3 amide bonds. The fraction of sp³-hybridized carbons (Fsp3) is 0.727. The molecule has 1 rings (SSSR count). The number of nitrogens with one attached hydrogen (secondary N) is 2. The lowest BCUT2D eigenvalue weighted by Crippen LogP contribution is -2.49. The lowest BCUT2D eigenvalue weighted by Gasteiger charge is -2.20. The summed E-state index contributed by atoms with van der Waals surface area (Å²) in [5.74, 6) is -0.255. The largest absolute Gasteiger partial charge is 0.480 e. The van der Waals surface area contributed by atoms with Crippen LogP contribution < -0.4 is 10.6 Å². The molecule has 8 heteroatoms. The minimum atomic E-state index is -1.02. The van der Waals surface area contributed by atoms with Crippen LogP contribution in [0, 0.1) is 5.92 Å². The van der Waals surface area contributed by atoms with Gasteiger partial charge in [0.25, 0.3) is 0 Å². The van der Waals surface area contributed by atoms with E-state index < -0.39 is 18.0 Å². The van der Waals surface area contributed by atoms with Crippen LogP contribution in [-0.4, -0.2) is 58.7 Å². The molecule has 1 saturated heterocycles. The first kappa shape index (κ1) is 15.6. The molecule has 1 heterocycles. The third-order valence-corrected chi connectivity index (χ3v) is 3.55. The zero-order valence-electron chi connectivity index (χ0n) is 11.0. The maximum absolute atomic E-state index is 11.8. The fourth-order valence-corrected chi connectivity index (χ4v) is 2.63. The van der Waals surface area contributed by atoms with Crippen molar-refractivity contribution in [3.05, 3.63) is 0 Å². The van der Waals surface area contributed by atoms with Gasteiger partial charge in [0, 0.05) is 12.3 Å². The lowest BCUT2D eigenvalue weighted by molar-refractivity contribution is -0.140. The molecule has 0 aromatic carbocycles. The summed E-state index contributed by atoms with van der Waals surface area (Å²) >= 11 is 1.38. The normalized spacial score (nSPS) is 18.5. The van der Waals surface area contributed by atoms with E-state index in [2.05, 4.69) is 10.6 Å². The fourth-order valence-electron chi connectivity index (χ4n) is 1.49. The number of urea groups is 1. The number of nitrogens with zero attached hydrogens (tertiary/aromatic N) is 1. The van der Waals surface area contributed by atoms with Gasteiger partial charge in [-0.1, -0.05) is 13.8 Å².